The van der Waals surface area contributed by atoms with E-state index in [9.17, 15) is 40.9 Å². The first kappa shape index (κ1) is 27.0. The predicted octanol–water partition coefficient (Wildman–Crippen LogP) is -4.86. The van der Waals surface area contributed by atoms with Gasteiger partial charge in [-0.1, -0.05) is 0 Å². The highest BCUT2D eigenvalue weighted by Crippen LogP contribution is 2.33. The average Bonchev–Trinajstić information content (AvgIpc) is 2.79. The number of aliphatic hydroxyl groups excluding tert-OH is 8. The molecule has 0 amide bonds. The standard InChI is InChI=1S/C19H34O14/c1-6-7(22)3-8(23)17(29-6)32-15-12(25)10(5-21)31-19(28-2)16(15)33-18-14(27)13(26)11(24)9(4-20)30-18/h6-27H,3-5H2,1-2H3/t6-,7-,8-,9-,10-,11-,12-,13+,14-,15+,16+,17-,18-,19+/m1/s1. The van der Waals surface area contributed by atoms with E-state index >= 15 is 0 Å². The Morgan fingerprint density at radius 3 is 1.85 bits per heavy atom. The zero-order chi connectivity index (χ0) is 24.4. The molecule has 3 aliphatic heterocycles. The summed E-state index contributed by atoms with van der Waals surface area (Å²) in [6.45, 7) is 0.276. The van der Waals surface area contributed by atoms with Crippen LogP contribution >= 0.6 is 0 Å². The second kappa shape index (κ2) is 11.5. The molecule has 3 fully saturated rings. The Hall–Kier alpha value is -0.560. The minimum absolute atomic E-state index is 0.0550. The Morgan fingerprint density at radius 1 is 0.667 bits per heavy atom. The Kier molecular flexibility index (Phi) is 9.38. The Balaban J connectivity index is 1.83. The minimum Gasteiger partial charge on any atom is -0.394 e. The summed E-state index contributed by atoms with van der Waals surface area (Å²) in [5, 5.41) is 80.3. The molecule has 0 aliphatic carbocycles. The van der Waals surface area contributed by atoms with Crippen molar-refractivity contribution in [1.82, 2.24) is 0 Å². The van der Waals surface area contributed by atoms with Crippen molar-refractivity contribution >= 4 is 0 Å². The molecule has 0 unspecified atom stereocenters. The molecule has 14 atom stereocenters. The van der Waals surface area contributed by atoms with Crippen molar-refractivity contribution in [3.63, 3.8) is 0 Å². The van der Waals surface area contributed by atoms with Crippen LogP contribution in [-0.2, 0) is 28.4 Å². The van der Waals surface area contributed by atoms with Crippen molar-refractivity contribution in [2.75, 3.05) is 20.3 Å². The molecule has 14 nitrogen and oxygen atoms in total. The number of rotatable bonds is 7. The van der Waals surface area contributed by atoms with Gasteiger partial charge in [-0.05, 0) is 6.92 Å². The largest absolute Gasteiger partial charge is 0.394 e. The topological polar surface area (TPSA) is 217 Å². The van der Waals surface area contributed by atoms with Gasteiger partial charge in [-0.15, -0.1) is 0 Å². The molecule has 3 heterocycles. The first-order valence-electron chi connectivity index (χ1n) is 10.7. The van der Waals surface area contributed by atoms with Gasteiger partial charge >= 0.3 is 0 Å². The van der Waals surface area contributed by atoms with Gasteiger partial charge in [0.2, 0.25) is 0 Å². The molecule has 3 aliphatic rings. The summed E-state index contributed by atoms with van der Waals surface area (Å²) < 4.78 is 33.2. The van der Waals surface area contributed by atoms with Gasteiger partial charge in [-0.2, -0.15) is 0 Å². The first-order chi connectivity index (χ1) is 15.6. The van der Waals surface area contributed by atoms with Gasteiger partial charge in [-0.3, -0.25) is 0 Å². The number of ether oxygens (including phenoxy) is 6. The molecule has 3 rings (SSSR count). The molecule has 194 valence electrons. The van der Waals surface area contributed by atoms with E-state index in [1.807, 2.05) is 0 Å². The lowest BCUT2D eigenvalue weighted by atomic mass is 9.96. The predicted molar refractivity (Wildman–Crippen MR) is 103 cm³/mol. The van der Waals surface area contributed by atoms with Crippen molar-refractivity contribution in [2.24, 2.45) is 0 Å². The van der Waals surface area contributed by atoms with Crippen LogP contribution in [0, 0.1) is 0 Å². The second-order valence-corrected chi connectivity index (χ2v) is 8.43. The first-order valence-corrected chi connectivity index (χ1v) is 10.7. The maximum Gasteiger partial charge on any atom is 0.187 e. The monoisotopic (exact) mass is 486 g/mol. The summed E-state index contributed by atoms with van der Waals surface area (Å²) in [4.78, 5) is 0. The number of hydrogen-bond donors (Lipinski definition) is 8. The van der Waals surface area contributed by atoms with E-state index in [0.717, 1.165) is 0 Å². The van der Waals surface area contributed by atoms with E-state index < -0.39 is 99.2 Å². The van der Waals surface area contributed by atoms with Gasteiger partial charge in [0.05, 0.1) is 25.4 Å². The van der Waals surface area contributed by atoms with Crippen molar-refractivity contribution < 1.29 is 69.3 Å². The molecule has 8 N–H and O–H groups in total. The average molecular weight is 486 g/mol. The van der Waals surface area contributed by atoms with Gasteiger partial charge in [-0.25, -0.2) is 0 Å². The Morgan fingerprint density at radius 2 is 1.24 bits per heavy atom. The fourth-order valence-electron chi connectivity index (χ4n) is 4.09. The van der Waals surface area contributed by atoms with Gasteiger partial charge in [0, 0.05) is 13.5 Å². The molecule has 33 heavy (non-hydrogen) atoms. The molecule has 3 saturated heterocycles. The lowest BCUT2D eigenvalue weighted by Gasteiger charge is -2.48. The fraction of sp³-hybridized carbons (Fsp3) is 1.00. The summed E-state index contributed by atoms with van der Waals surface area (Å²) in [5.41, 5.74) is 0. The third-order valence-corrected chi connectivity index (χ3v) is 6.15. The third-order valence-electron chi connectivity index (χ3n) is 6.15. The minimum atomic E-state index is -1.75. The highest BCUT2D eigenvalue weighted by molar-refractivity contribution is 4.95. The molecule has 0 radical (unpaired) electrons. The Labute approximate surface area is 189 Å². The van der Waals surface area contributed by atoms with Crippen LogP contribution in [0.1, 0.15) is 13.3 Å². The van der Waals surface area contributed by atoms with Crippen LogP contribution < -0.4 is 0 Å². The van der Waals surface area contributed by atoms with Crippen LogP contribution in [0.4, 0.5) is 0 Å². The van der Waals surface area contributed by atoms with Crippen LogP contribution in [-0.4, -0.2) is 147 Å². The van der Waals surface area contributed by atoms with Crippen LogP contribution in [0.5, 0.6) is 0 Å². The van der Waals surface area contributed by atoms with E-state index in [-0.39, 0.29) is 6.42 Å². The highest BCUT2D eigenvalue weighted by atomic mass is 16.8. The maximum atomic E-state index is 10.8. The van der Waals surface area contributed by atoms with Gasteiger partial charge in [0.15, 0.2) is 18.9 Å². The molecule has 0 aromatic carbocycles. The van der Waals surface area contributed by atoms with E-state index in [1.54, 1.807) is 6.92 Å². The third kappa shape index (κ3) is 5.65. The molecule has 0 aromatic rings. The van der Waals surface area contributed by atoms with Crippen LogP contribution in [0.15, 0.2) is 0 Å². The van der Waals surface area contributed by atoms with Crippen LogP contribution in [0.2, 0.25) is 0 Å². The van der Waals surface area contributed by atoms with Crippen LogP contribution in [0.3, 0.4) is 0 Å². The van der Waals surface area contributed by atoms with E-state index in [0.29, 0.717) is 0 Å². The molecule has 0 bridgehead atoms. The van der Waals surface area contributed by atoms with Gasteiger partial charge in [0.25, 0.3) is 0 Å². The van der Waals surface area contributed by atoms with E-state index in [1.165, 1.54) is 7.11 Å². The zero-order valence-electron chi connectivity index (χ0n) is 18.2. The van der Waals surface area contributed by atoms with Gasteiger partial charge in [0.1, 0.15) is 54.9 Å². The summed E-state index contributed by atoms with van der Waals surface area (Å²) in [5.74, 6) is 0. The van der Waals surface area contributed by atoms with E-state index in [2.05, 4.69) is 0 Å². The molecular weight excluding hydrogens is 452 g/mol. The summed E-state index contributed by atoms with van der Waals surface area (Å²) in [6, 6.07) is 0. The lowest BCUT2D eigenvalue weighted by Crippen LogP contribution is -2.66. The lowest BCUT2D eigenvalue weighted by molar-refractivity contribution is -0.385. The fourth-order valence-corrected chi connectivity index (χ4v) is 4.09. The SMILES string of the molecule is CO[C@H]1O[C@H](CO)[C@@H](O)[C@H](O[C@H]2O[C@H](C)[C@H](O)C[C@H]2O)[C@@H]1O[C@H]1O[C@H](CO)[C@@H](O)[C@H](O)[C@H]1O. The highest BCUT2D eigenvalue weighted by Gasteiger charge is 2.53. The number of aliphatic hydroxyl groups is 8. The quantitative estimate of drug-likeness (QED) is 0.169. The van der Waals surface area contributed by atoms with Crippen molar-refractivity contribution in [3.8, 4) is 0 Å². The molecule has 0 aromatic heterocycles. The number of hydrogen-bond acceptors (Lipinski definition) is 14. The molecular formula is C19H34O14. The van der Waals surface area contributed by atoms with Crippen molar-refractivity contribution in [3.05, 3.63) is 0 Å². The maximum absolute atomic E-state index is 10.8. The van der Waals surface area contributed by atoms with Gasteiger partial charge < -0.3 is 69.3 Å². The summed E-state index contributed by atoms with van der Waals surface area (Å²) in [6.07, 6.45) is -18.8. The zero-order valence-corrected chi connectivity index (χ0v) is 18.2. The second-order valence-electron chi connectivity index (χ2n) is 8.43. The van der Waals surface area contributed by atoms with Crippen molar-refractivity contribution in [2.45, 2.75) is 99.4 Å². The van der Waals surface area contributed by atoms with Crippen molar-refractivity contribution in [1.29, 1.82) is 0 Å². The van der Waals surface area contributed by atoms with Crippen LogP contribution in [0.25, 0.3) is 0 Å². The smallest absolute Gasteiger partial charge is 0.187 e. The normalized spacial score (nSPS) is 51.5. The van der Waals surface area contributed by atoms with E-state index in [4.69, 9.17) is 28.4 Å². The molecule has 0 saturated carbocycles. The Bertz CT molecular complexity index is 609. The summed E-state index contributed by atoms with van der Waals surface area (Å²) in [7, 11) is 1.25. The number of methoxy groups -OCH3 is 1. The summed E-state index contributed by atoms with van der Waals surface area (Å²) >= 11 is 0. The molecule has 14 heteroatoms. The molecule has 0 spiro atoms.